The number of esters is 1. The van der Waals surface area contributed by atoms with Crippen molar-refractivity contribution in [1.82, 2.24) is 0 Å². The lowest BCUT2D eigenvalue weighted by Crippen LogP contribution is -2.56. The van der Waals surface area contributed by atoms with Gasteiger partial charge in [-0.1, -0.05) is 41.2 Å². The minimum Gasteiger partial charge on any atom is -0.504 e. The molecular formula is C38H60O11. The molecule has 3 N–H and O–H groups in total. The zero-order chi connectivity index (χ0) is 36.6. The van der Waals surface area contributed by atoms with Crippen LogP contribution in [0.4, 0.5) is 0 Å². The molecule has 0 aliphatic carbocycles. The lowest BCUT2D eigenvalue weighted by molar-refractivity contribution is -0.215. The quantitative estimate of drug-likeness (QED) is 0.163. The second kappa shape index (κ2) is 15.6. The highest BCUT2D eigenvalue weighted by Crippen LogP contribution is 2.46. The maximum Gasteiger partial charge on any atom is 0.351 e. The third-order valence-electron chi connectivity index (χ3n) is 12.3. The number of rotatable bonds is 14. The molecule has 0 aromatic heterocycles. The van der Waals surface area contributed by atoms with Crippen molar-refractivity contribution >= 4 is 17.5 Å². The molecule has 0 spiro atoms. The first-order chi connectivity index (χ1) is 22.9. The van der Waals surface area contributed by atoms with Crippen molar-refractivity contribution in [2.75, 3.05) is 7.11 Å². The van der Waals surface area contributed by atoms with E-state index in [1.54, 1.807) is 7.11 Å². The number of Topliss-reactive ketones (excluding diaryl/α,β-unsaturated/α-hetero) is 2. The van der Waals surface area contributed by atoms with E-state index < -0.39 is 76.3 Å². The van der Waals surface area contributed by atoms with Crippen molar-refractivity contribution < 1.29 is 53.4 Å². The van der Waals surface area contributed by atoms with Gasteiger partial charge < -0.3 is 39.0 Å². The molecule has 4 aliphatic heterocycles. The zero-order valence-electron chi connectivity index (χ0n) is 30.9. The zero-order valence-corrected chi connectivity index (χ0v) is 30.9. The highest BCUT2D eigenvalue weighted by Gasteiger charge is 2.56. The minimum absolute atomic E-state index is 0.00402. The molecule has 11 heteroatoms. The van der Waals surface area contributed by atoms with Crippen LogP contribution in [0.1, 0.15) is 107 Å². The van der Waals surface area contributed by atoms with E-state index in [0.29, 0.717) is 32.1 Å². The molecule has 4 rings (SSSR count). The number of carbonyl (C=O) groups excluding carboxylic acids is 3. The number of carbonyl (C=O) groups is 3. The van der Waals surface area contributed by atoms with Gasteiger partial charge in [0.15, 0.2) is 23.1 Å². The van der Waals surface area contributed by atoms with Gasteiger partial charge in [-0.15, -0.1) is 0 Å². The number of aliphatic hydroxyl groups is 3. The molecule has 0 aromatic rings. The van der Waals surface area contributed by atoms with Gasteiger partial charge in [0.1, 0.15) is 11.2 Å². The Hall–Kier alpha value is -2.15. The topological polar surface area (TPSA) is 158 Å². The van der Waals surface area contributed by atoms with E-state index in [-0.39, 0.29) is 48.2 Å². The molecule has 11 nitrogen and oxygen atoms in total. The summed E-state index contributed by atoms with van der Waals surface area (Å²) in [5, 5.41) is 33.8. The van der Waals surface area contributed by atoms with Gasteiger partial charge in [0.2, 0.25) is 0 Å². The van der Waals surface area contributed by atoms with E-state index in [4.69, 9.17) is 23.7 Å². The van der Waals surface area contributed by atoms with Gasteiger partial charge in [-0.25, -0.2) is 4.79 Å². The second-order valence-corrected chi connectivity index (χ2v) is 15.4. The lowest BCUT2D eigenvalue weighted by atomic mass is 9.73. The van der Waals surface area contributed by atoms with Gasteiger partial charge in [0.25, 0.3) is 0 Å². The van der Waals surface area contributed by atoms with Crippen LogP contribution in [0.15, 0.2) is 23.7 Å². The Bertz CT molecular complexity index is 1270. The largest absolute Gasteiger partial charge is 0.504 e. The molecule has 14 atom stereocenters. The summed E-state index contributed by atoms with van der Waals surface area (Å²) in [5.41, 5.74) is -2.90. The van der Waals surface area contributed by atoms with Crippen LogP contribution in [0.5, 0.6) is 0 Å². The van der Waals surface area contributed by atoms with Crippen molar-refractivity contribution in [3.8, 4) is 0 Å². The monoisotopic (exact) mass is 692 g/mol. The van der Waals surface area contributed by atoms with E-state index >= 15 is 0 Å². The summed E-state index contributed by atoms with van der Waals surface area (Å²) in [6, 6.07) is 0. The summed E-state index contributed by atoms with van der Waals surface area (Å²) >= 11 is 0. The van der Waals surface area contributed by atoms with Gasteiger partial charge in [0.05, 0.1) is 48.3 Å². The van der Waals surface area contributed by atoms with Crippen molar-refractivity contribution in [2.45, 2.75) is 161 Å². The van der Waals surface area contributed by atoms with E-state index in [1.807, 2.05) is 27.7 Å². The van der Waals surface area contributed by atoms with Gasteiger partial charge >= 0.3 is 5.97 Å². The predicted molar refractivity (Wildman–Crippen MR) is 181 cm³/mol. The molecule has 6 unspecified atom stereocenters. The molecule has 0 saturated carbocycles. The summed E-state index contributed by atoms with van der Waals surface area (Å²) in [7, 11) is 1.71. The number of hydrogen-bond acceptors (Lipinski definition) is 11. The SMILES string of the molecule is C=C1OC(=O)C(C(=O)C[C@@H]2OC([C@H](C)C(O)[C@H](CC)C(=O)[C@](C)(O)[C@@H]3CC[C@@](CC)([C@@H]4CCC(C(C)OC)C(C)O4)O3)C(C)C[C@@H]2C)=C1O. The fourth-order valence-corrected chi connectivity index (χ4v) is 8.97. The highest BCUT2D eigenvalue weighted by atomic mass is 16.6. The Kier molecular flexibility index (Phi) is 12.6. The lowest BCUT2D eigenvalue weighted by Gasteiger charge is -2.45. The summed E-state index contributed by atoms with van der Waals surface area (Å²) in [4.78, 5) is 39.4. The first-order valence-electron chi connectivity index (χ1n) is 18.3. The van der Waals surface area contributed by atoms with Crippen molar-refractivity contribution in [1.29, 1.82) is 0 Å². The van der Waals surface area contributed by atoms with Crippen molar-refractivity contribution in [3.63, 3.8) is 0 Å². The molecule has 278 valence electrons. The van der Waals surface area contributed by atoms with Gasteiger partial charge in [-0.3, -0.25) is 9.59 Å². The summed E-state index contributed by atoms with van der Waals surface area (Å²) in [6.07, 6.45) is 1.30. The number of cyclic esters (lactones) is 1. The summed E-state index contributed by atoms with van der Waals surface area (Å²) < 4.78 is 30.0. The van der Waals surface area contributed by atoms with Crippen LogP contribution in [-0.2, 0) is 38.1 Å². The standard InChI is InChI=1S/C38H60O11/c1-11-25(32(40)21(5)34-20(4)17-19(3)28(48-34)18-27(39)31-33(41)24(8)47-36(31)43)35(42)37(9,44)29-15-16-38(12-2,49-29)30-14-13-26(22(6)45-10)23(7)46-30/h19-23,25-26,28-30,32,34,40-41,44H,8,11-18H2,1-7,9-10H3/t19-,20?,21+,22?,23?,25-,26?,28-,29-,30-,32?,34?,37+,38-/m0/s1. The molecule has 3 saturated heterocycles. The number of methoxy groups -OCH3 is 1. The summed E-state index contributed by atoms with van der Waals surface area (Å²) in [6.45, 7) is 18.7. The Morgan fingerprint density at radius 2 is 1.78 bits per heavy atom. The fraction of sp³-hybridized carbons (Fsp3) is 0.816. The Morgan fingerprint density at radius 1 is 1.10 bits per heavy atom. The van der Waals surface area contributed by atoms with Crippen LogP contribution in [0.2, 0.25) is 0 Å². The third kappa shape index (κ3) is 7.72. The number of ether oxygens (including phenoxy) is 5. The van der Waals surface area contributed by atoms with E-state index in [0.717, 1.165) is 12.8 Å². The summed E-state index contributed by atoms with van der Waals surface area (Å²) in [5.74, 6) is -4.00. The Morgan fingerprint density at radius 3 is 2.33 bits per heavy atom. The maximum absolute atomic E-state index is 14.2. The molecule has 4 heterocycles. The molecular weight excluding hydrogens is 632 g/mol. The molecule has 3 fully saturated rings. The number of hydrogen-bond donors (Lipinski definition) is 3. The Labute approximate surface area is 291 Å². The van der Waals surface area contributed by atoms with Crippen LogP contribution < -0.4 is 0 Å². The Balaban J connectivity index is 1.44. The van der Waals surface area contributed by atoms with Gasteiger partial charge in [-0.05, 0) is 77.6 Å². The number of ketones is 2. The third-order valence-corrected chi connectivity index (χ3v) is 12.3. The van der Waals surface area contributed by atoms with Crippen LogP contribution in [0.3, 0.4) is 0 Å². The molecule has 4 aliphatic rings. The van der Waals surface area contributed by atoms with Crippen LogP contribution in [-0.4, -0.2) is 93.9 Å². The van der Waals surface area contributed by atoms with Crippen LogP contribution >= 0.6 is 0 Å². The van der Waals surface area contributed by atoms with Crippen LogP contribution in [0.25, 0.3) is 0 Å². The van der Waals surface area contributed by atoms with Crippen molar-refractivity contribution in [3.05, 3.63) is 23.7 Å². The van der Waals surface area contributed by atoms with Gasteiger partial charge in [0, 0.05) is 31.3 Å². The molecule has 0 amide bonds. The average Bonchev–Trinajstić information content (AvgIpc) is 3.62. The highest BCUT2D eigenvalue weighted by molar-refractivity contribution is 6.20. The van der Waals surface area contributed by atoms with E-state index in [9.17, 15) is 29.7 Å². The average molecular weight is 693 g/mol. The smallest absolute Gasteiger partial charge is 0.351 e. The van der Waals surface area contributed by atoms with E-state index in [2.05, 4.69) is 27.4 Å². The molecule has 0 aromatic carbocycles. The maximum atomic E-state index is 14.2. The predicted octanol–water partition coefficient (Wildman–Crippen LogP) is 5.15. The first kappa shape index (κ1) is 39.6. The fourth-order valence-electron chi connectivity index (χ4n) is 8.97. The van der Waals surface area contributed by atoms with Gasteiger partial charge in [-0.2, -0.15) is 0 Å². The normalized spacial score (nSPS) is 37.7. The second-order valence-electron chi connectivity index (χ2n) is 15.4. The minimum atomic E-state index is -1.84. The van der Waals surface area contributed by atoms with E-state index in [1.165, 1.54) is 6.92 Å². The van der Waals surface area contributed by atoms with Crippen LogP contribution in [0, 0.1) is 29.6 Å². The molecule has 49 heavy (non-hydrogen) atoms. The first-order valence-corrected chi connectivity index (χ1v) is 18.3. The van der Waals surface area contributed by atoms with Crippen molar-refractivity contribution in [2.24, 2.45) is 29.6 Å². The molecule has 0 bridgehead atoms. The molecule has 0 radical (unpaired) electrons. The number of aliphatic hydroxyl groups excluding tert-OH is 2.